The molecule has 0 atom stereocenters. The van der Waals surface area contributed by atoms with Crippen LogP contribution in [0.15, 0.2) is 10.7 Å². The summed E-state index contributed by atoms with van der Waals surface area (Å²) in [5, 5.41) is 3.24. The first-order valence-corrected chi connectivity index (χ1v) is 2.43. The fourth-order valence-corrected chi connectivity index (χ4v) is 0.485. The van der Waals surface area contributed by atoms with Gasteiger partial charge in [-0.15, -0.1) is 0 Å². The van der Waals surface area contributed by atoms with E-state index < -0.39 is 0 Å². The molecule has 0 N–H and O–H groups in total. The van der Waals surface area contributed by atoms with Gasteiger partial charge in [-0.3, -0.25) is 0 Å². The van der Waals surface area contributed by atoms with Crippen molar-refractivity contribution in [3.63, 3.8) is 0 Å². The van der Waals surface area contributed by atoms with Crippen LogP contribution in [0.2, 0.25) is 0 Å². The van der Waals surface area contributed by atoms with Crippen molar-refractivity contribution in [2.45, 2.75) is 13.3 Å². The molecule has 1 aromatic rings. The number of hydrogen-bond acceptors (Lipinski definition) is 2. The first-order chi connectivity index (χ1) is 3.84. The Morgan fingerprint density at radius 2 is 2.62 bits per heavy atom. The van der Waals surface area contributed by atoms with E-state index in [4.69, 9.17) is 0 Å². The highest BCUT2D eigenvalue weighted by Crippen LogP contribution is 2.03. The molecule has 2 nitrogen and oxygen atoms in total. The molecule has 0 aliphatic carbocycles. The van der Waals surface area contributed by atoms with E-state index in [1.807, 2.05) is 6.92 Å². The van der Waals surface area contributed by atoms with Gasteiger partial charge in [0.25, 0.3) is 0 Å². The minimum Gasteiger partial charge on any atom is -0.358 e. The number of aromatic nitrogens is 1. The third kappa shape index (κ3) is 0.710. The van der Waals surface area contributed by atoms with Crippen LogP contribution < -0.4 is 0 Å². The maximum atomic E-state index is 12.2. The molecule has 1 rings (SSSR count). The molecule has 0 amide bonds. The van der Waals surface area contributed by atoms with Crippen LogP contribution in [0.1, 0.15) is 12.7 Å². The zero-order chi connectivity index (χ0) is 5.98. The fraction of sp³-hybridized carbons (Fsp3) is 0.400. The van der Waals surface area contributed by atoms with E-state index in [1.165, 1.54) is 0 Å². The van der Waals surface area contributed by atoms with Gasteiger partial charge in [0.1, 0.15) is 6.20 Å². The summed E-state index contributed by atoms with van der Waals surface area (Å²) in [6.45, 7) is 1.81. The van der Waals surface area contributed by atoms with E-state index in [9.17, 15) is 4.39 Å². The molecule has 0 aliphatic heterocycles. The van der Waals surface area contributed by atoms with Gasteiger partial charge in [0, 0.05) is 6.42 Å². The zero-order valence-corrected chi connectivity index (χ0v) is 4.52. The molecule has 0 saturated carbocycles. The molecule has 3 heteroatoms. The highest BCUT2D eigenvalue weighted by molar-refractivity contribution is 4.95. The van der Waals surface area contributed by atoms with Crippen molar-refractivity contribution in [2.24, 2.45) is 0 Å². The van der Waals surface area contributed by atoms with Gasteiger partial charge in [-0.1, -0.05) is 12.1 Å². The average Bonchev–Trinajstić information content (AvgIpc) is 2.14. The predicted molar refractivity (Wildman–Crippen MR) is 25.8 cm³/mol. The van der Waals surface area contributed by atoms with Crippen LogP contribution in [0.3, 0.4) is 0 Å². The number of nitrogens with zero attached hydrogens (tertiary/aromatic N) is 1. The molecule has 0 radical (unpaired) electrons. The second-order valence-corrected chi connectivity index (χ2v) is 1.45. The zero-order valence-electron chi connectivity index (χ0n) is 4.52. The standard InChI is InChI=1S/C5H6FNO/c1-2-5-4(6)3-7-8-5/h3H,2H2,1H3. The van der Waals surface area contributed by atoms with Gasteiger partial charge in [0.15, 0.2) is 11.6 Å². The maximum Gasteiger partial charge on any atom is 0.185 e. The minimum absolute atomic E-state index is 0.324. The molecule has 44 valence electrons. The number of hydrogen-bond donors (Lipinski definition) is 0. The van der Waals surface area contributed by atoms with Gasteiger partial charge >= 0.3 is 0 Å². The van der Waals surface area contributed by atoms with Gasteiger partial charge < -0.3 is 4.52 Å². The van der Waals surface area contributed by atoms with Crippen LogP contribution in [0.5, 0.6) is 0 Å². The Balaban J connectivity index is 2.92. The number of aryl methyl sites for hydroxylation is 1. The van der Waals surface area contributed by atoms with E-state index in [2.05, 4.69) is 9.68 Å². The van der Waals surface area contributed by atoms with E-state index in [-0.39, 0.29) is 5.82 Å². The topological polar surface area (TPSA) is 26.0 Å². The smallest absolute Gasteiger partial charge is 0.185 e. The van der Waals surface area contributed by atoms with E-state index in [0.717, 1.165) is 6.20 Å². The van der Waals surface area contributed by atoms with Crippen molar-refractivity contribution in [3.05, 3.63) is 17.8 Å². The summed E-state index contributed by atoms with van der Waals surface area (Å²) >= 11 is 0. The van der Waals surface area contributed by atoms with Crippen LogP contribution in [-0.2, 0) is 6.42 Å². The second kappa shape index (κ2) is 1.94. The molecular formula is C5H6FNO. The Kier molecular flexibility index (Phi) is 1.28. The quantitative estimate of drug-likeness (QED) is 0.552. The summed E-state index contributed by atoms with van der Waals surface area (Å²) in [5.41, 5.74) is 0. The molecule has 1 aromatic heterocycles. The number of rotatable bonds is 1. The highest BCUT2D eigenvalue weighted by Gasteiger charge is 2.01. The molecule has 0 aromatic carbocycles. The molecule has 0 fully saturated rings. The summed E-state index contributed by atoms with van der Waals surface area (Å²) in [6, 6.07) is 0. The maximum absolute atomic E-state index is 12.2. The van der Waals surface area contributed by atoms with E-state index in [1.54, 1.807) is 0 Å². The normalized spacial score (nSPS) is 9.75. The van der Waals surface area contributed by atoms with Crippen LogP contribution in [-0.4, -0.2) is 5.16 Å². The Labute approximate surface area is 46.3 Å². The Morgan fingerprint density at radius 3 is 2.88 bits per heavy atom. The summed E-state index contributed by atoms with van der Waals surface area (Å²) < 4.78 is 16.7. The SMILES string of the molecule is CCc1oncc1F. The van der Waals surface area contributed by atoms with E-state index in [0.29, 0.717) is 12.2 Å². The predicted octanol–water partition coefficient (Wildman–Crippen LogP) is 1.38. The second-order valence-electron chi connectivity index (χ2n) is 1.45. The largest absolute Gasteiger partial charge is 0.358 e. The minimum atomic E-state index is -0.354. The van der Waals surface area contributed by atoms with Gasteiger partial charge in [-0.25, -0.2) is 4.39 Å². The van der Waals surface area contributed by atoms with Crippen molar-refractivity contribution >= 4 is 0 Å². The first-order valence-electron chi connectivity index (χ1n) is 2.43. The van der Waals surface area contributed by atoms with E-state index >= 15 is 0 Å². The molecule has 0 spiro atoms. The summed E-state index contributed by atoms with van der Waals surface area (Å²) in [5.74, 6) is -0.0301. The highest BCUT2D eigenvalue weighted by atomic mass is 19.1. The monoisotopic (exact) mass is 115 g/mol. The Hall–Kier alpha value is -0.860. The van der Waals surface area contributed by atoms with Gasteiger partial charge in [0.2, 0.25) is 0 Å². The Morgan fingerprint density at radius 1 is 1.88 bits per heavy atom. The average molecular weight is 115 g/mol. The van der Waals surface area contributed by atoms with Crippen LogP contribution in [0, 0.1) is 5.82 Å². The molecule has 8 heavy (non-hydrogen) atoms. The van der Waals surface area contributed by atoms with Crippen molar-refractivity contribution in [2.75, 3.05) is 0 Å². The van der Waals surface area contributed by atoms with Crippen molar-refractivity contribution in [1.82, 2.24) is 5.16 Å². The lowest BCUT2D eigenvalue weighted by molar-refractivity contribution is 0.377. The van der Waals surface area contributed by atoms with Crippen molar-refractivity contribution in [3.8, 4) is 0 Å². The molecule has 0 bridgehead atoms. The van der Waals surface area contributed by atoms with Crippen LogP contribution in [0.25, 0.3) is 0 Å². The number of halogens is 1. The summed E-state index contributed by atoms with van der Waals surface area (Å²) in [4.78, 5) is 0. The lowest BCUT2D eigenvalue weighted by atomic mass is 10.4. The van der Waals surface area contributed by atoms with Gasteiger partial charge in [0.05, 0.1) is 0 Å². The summed E-state index contributed by atoms with van der Waals surface area (Å²) in [6.07, 6.45) is 1.63. The molecule has 0 aliphatic rings. The lowest BCUT2D eigenvalue weighted by Crippen LogP contribution is -1.76. The van der Waals surface area contributed by atoms with Crippen LogP contribution in [0.4, 0.5) is 4.39 Å². The molecule has 0 unspecified atom stereocenters. The Bertz CT molecular complexity index is 173. The third-order valence-corrected chi connectivity index (χ3v) is 0.916. The third-order valence-electron chi connectivity index (χ3n) is 0.916. The lowest BCUT2D eigenvalue weighted by Gasteiger charge is -1.80. The molecule has 1 heterocycles. The summed E-state index contributed by atoms with van der Waals surface area (Å²) in [7, 11) is 0. The fourth-order valence-electron chi connectivity index (χ4n) is 0.485. The van der Waals surface area contributed by atoms with Gasteiger partial charge in [-0.2, -0.15) is 0 Å². The molecular weight excluding hydrogens is 109 g/mol. The van der Waals surface area contributed by atoms with Gasteiger partial charge in [-0.05, 0) is 0 Å². The first kappa shape index (κ1) is 5.28. The van der Waals surface area contributed by atoms with Crippen molar-refractivity contribution in [1.29, 1.82) is 0 Å². The van der Waals surface area contributed by atoms with Crippen molar-refractivity contribution < 1.29 is 8.91 Å². The molecule has 0 saturated heterocycles. The van der Waals surface area contributed by atoms with Crippen LogP contribution >= 0.6 is 0 Å².